The van der Waals surface area contributed by atoms with Gasteiger partial charge in [-0.1, -0.05) is 30.9 Å². The van der Waals surface area contributed by atoms with Gasteiger partial charge in [-0.15, -0.1) is 0 Å². The summed E-state index contributed by atoms with van der Waals surface area (Å²) in [5, 5.41) is 4.97. The maximum atomic E-state index is 13.3. The number of ether oxygens (including phenoxy) is 5. The van der Waals surface area contributed by atoms with E-state index in [9.17, 15) is 14.4 Å². The van der Waals surface area contributed by atoms with Gasteiger partial charge < -0.3 is 33.0 Å². The molecule has 1 aliphatic rings. The van der Waals surface area contributed by atoms with Crippen molar-refractivity contribution in [1.82, 2.24) is 15.2 Å². The standard InChI is InChI=1S/C37H50N4O9/c1-7-29(32(8-2)50-36(43)26-40(4)5)10-9-28-13-15-41(25-28)37(44)34-24-31-23-30(11-12-33(31)49-34)27(3)38-39-35(42)14-16-46-19-20-48-22-21-47-18-17-45-6/h7-9,11-12,23-24H,1-2,10,13-22,25-26H2,3-6H3,(H,39,42)/b28-9-,32-29+,38-27+. The number of benzene rings is 1. The summed E-state index contributed by atoms with van der Waals surface area (Å²) in [6.45, 7) is 13.7. The Hall–Kier alpha value is -4.40. The molecule has 272 valence electrons. The fraction of sp³-hybridized carbons (Fsp3) is 0.459. The molecule has 2 heterocycles. The molecule has 50 heavy (non-hydrogen) atoms. The van der Waals surface area contributed by atoms with Crippen molar-refractivity contribution in [2.75, 3.05) is 87.1 Å². The number of hydrazone groups is 1. The van der Waals surface area contributed by atoms with Gasteiger partial charge in [-0.25, -0.2) is 5.43 Å². The van der Waals surface area contributed by atoms with Crippen LogP contribution in [0.1, 0.15) is 42.3 Å². The summed E-state index contributed by atoms with van der Waals surface area (Å²) in [4.78, 5) is 41.2. The largest absolute Gasteiger partial charge is 0.451 e. The normalized spacial score (nSPS) is 14.7. The van der Waals surface area contributed by atoms with Gasteiger partial charge in [0, 0.05) is 25.6 Å². The molecule has 0 radical (unpaired) electrons. The number of hydrogen-bond donors (Lipinski definition) is 1. The van der Waals surface area contributed by atoms with Gasteiger partial charge in [0.05, 0.1) is 64.9 Å². The number of likely N-dealkylation sites (tertiary alicyclic amines) is 1. The summed E-state index contributed by atoms with van der Waals surface area (Å²) < 4.78 is 32.4. The molecular weight excluding hydrogens is 644 g/mol. The first-order chi connectivity index (χ1) is 24.1. The molecule has 1 aliphatic heterocycles. The van der Waals surface area contributed by atoms with E-state index in [0.29, 0.717) is 76.2 Å². The van der Waals surface area contributed by atoms with Crippen molar-refractivity contribution in [3.05, 3.63) is 83.9 Å². The predicted molar refractivity (Wildman–Crippen MR) is 191 cm³/mol. The van der Waals surface area contributed by atoms with Crippen LogP contribution in [0.2, 0.25) is 0 Å². The Morgan fingerprint density at radius 2 is 1.70 bits per heavy atom. The number of esters is 1. The third-order valence-corrected chi connectivity index (χ3v) is 7.55. The van der Waals surface area contributed by atoms with Crippen LogP contribution in [-0.2, 0) is 33.3 Å². The fourth-order valence-electron chi connectivity index (χ4n) is 4.86. The molecule has 1 fully saturated rings. The number of methoxy groups -OCH3 is 1. The van der Waals surface area contributed by atoms with Crippen molar-refractivity contribution in [3.8, 4) is 0 Å². The van der Waals surface area contributed by atoms with Gasteiger partial charge in [0.2, 0.25) is 5.91 Å². The number of nitrogens with one attached hydrogen (secondary N) is 1. The second-order valence-electron chi connectivity index (χ2n) is 11.7. The van der Waals surface area contributed by atoms with Crippen LogP contribution in [0.5, 0.6) is 0 Å². The number of furan rings is 1. The zero-order valence-electron chi connectivity index (χ0n) is 29.7. The predicted octanol–water partition coefficient (Wildman–Crippen LogP) is 4.25. The van der Waals surface area contributed by atoms with Crippen LogP contribution in [0.15, 0.2) is 82.1 Å². The van der Waals surface area contributed by atoms with Gasteiger partial charge in [0.15, 0.2) is 5.76 Å². The Labute approximate surface area is 294 Å². The number of fused-ring (bicyclic) bond motifs is 1. The van der Waals surface area contributed by atoms with E-state index in [1.165, 1.54) is 6.08 Å². The van der Waals surface area contributed by atoms with E-state index in [0.717, 1.165) is 28.5 Å². The SMILES string of the molecule is C=C/C(C/C=C1/CCN(C(=O)c2cc3cc(/C(C)=N/NC(=O)CCOCCOCCOCCOC)ccc3o2)C1)=C(/C=C)OC(=O)CN(C)C. The van der Waals surface area contributed by atoms with Gasteiger partial charge in [0.25, 0.3) is 5.91 Å². The van der Waals surface area contributed by atoms with Gasteiger partial charge >= 0.3 is 5.97 Å². The topological polar surface area (TPSA) is 141 Å². The second-order valence-corrected chi connectivity index (χ2v) is 11.7. The quantitative estimate of drug-likeness (QED) is 0.0362. The van der Waals surface area contributed by atoms with Crippen molar-refractivity contribution in [1.29, 1.82) is 0 Å². The molecule has 1 N–H and O–H groups in total. The third kappa shape index (κ3) is 13.5. The molecule has 1 aromatic heterocycles. The zero-order chi connectivity index (χ0) is 36.3. The Bertz CT molecular complexity index is 1560. The summed E-state index contributed by atoms with van der Waals surface area (Å²) in [7, 11) is 5.20. The molecule has 2 aromatic rings. The lowest BCUT2D eigenvalue weighted by Crippen LogP contribution is -2.27. The summed E-state index contributed by atoms with van der Waals surface area (Å²) in [6, 6.07) is 7.20. The van der Waals surface area contributed by atoms with Crippen LogP contribution in [-0.4, -0.2) is 120 Å². The molecule has 0 aliphatic carbocycles. The monoisotopic (exact) mass is 694 g/mol. The van der Waals surface area contributed by atoms with E-state index < -0.39 is 0 Å². The number of amides is 2. The van der Waals surface area contributed by atoms with Crippen LogP contribution >= 0.6 is 0 Å². The van der Waals surface area contributed by atoms with Crippen molar-refractivity contribution in [3.63, 3.8) is 0 Å². The minimum atomic E-state index is -0.381. The molecule has 0 atom stereocenters. The van der Waals surface area contributed by atoms with Crippen molar-refractivity contribution >= 4 is 34.5 Å². The van der Waals surface area contributed by atoms with Crippen molar-refractivity contribution in [2.45, 2.75) is 26.2 Å². The number of carbonyl (C=O) groups is 3. The molecule has 2 amide bonds. The van der Waals surface area contributed by atoms with Crippen LogP contribution in [0.4, 0.5) is 0 Å². The summed E-state index contributed by atoms with van der Waals surface area (Å²) in [6.07, 6.45) is 6.56. The smallest absolute Gasteiger partial charge is 0.325 e. The highest BCUT2D eigenvalue weighted by atomic mass is 16.6. The van der Waals surface area contributed by atoms with Gasteiger partial charge in [-0.2, -0.15) is 5.10 Å². The maximum absolute atomic E-state index is 13.3. The van der Waals surface area contributed by atoms with Crippen molar-refractivity contribution in [2.24, 2.45) is 5.10 Å². The maximum Gasteiger partial charge on any atom is 0.325 e. The highest BCUT2D eigenvalue weighted by molar-refractivity contribution is 6.03. The second kappa shape index (κ2) is 21.6. The fourth-order valence-corrected chi connectivity index (χ4v) is 4.86. The van der Waals surface area contributed by atoms with E-state index >= 15 is 0 Å². The number of allylic oxidation sites excluding steroid dienone is 4. The van der Waals surface area contributed by atoms with E-state index in [2.05, 4.69) is 23.7 Å². The molecule has 1 aromatic carbocycles. The number of likely N-dealkylation sites (N-methyl/N-ethyl adjacent to an activating group) is 1. The summed E-state index contributed by atoms with van der Waals surface area (Å²) in [5.74, 6) is -0.231. The molecule has 0 bridgehead atoms. The highest BCUT2D eigenvalue weighted by Gasteiger charge is 2.25. The first-order valence-corrected chi connectivity index (χ1v) is 16.5. The zero-order valence-corrected chi connectivity index (χ0v) is 29.7. The Morgan fingerprint density at radius 3 is 2.36 bits per heavy atom. The minimum Gasteiger partial charge on any atom is -0.451 e. The molecule has 0 saturated carbocycles. The molecule has 3 rings (SSSR count). The molecule has 0 unspecified atom stereocenters. The van der Waals surface area contributed by atoms with Crippen molar-refractivity contribution < 1.29 is 42.5 Å². The van der Waals surface area contributed by atoms with E-state index in [1.54, 1.807) is 56.1 Å². The lowest BCUT2D eigenvalue weighted by Gasteiger charge is -2.13. The summed E-state index contributed by atoms with van der Waals surface area (Å²) >= 11 is 0. The van der Waals surface area contributed by atoms with E-state index in [1.807, 2.05) is 18.2 Å². The number of hydrogen-bond acceptors (Lipinski definition) is 11. The Morgan fingerprint density at radius 1 is 1.00 bits per heavy atom. The molecule has 13 heteroatoms. The Balaban J connectivity index is 1.47. The number of nitrogens with zero attached hydrogens (tertiary/aromatic N) is 3. The van der Waals surface area contributed by atoms with Crippen LogP contribution in [0.25, 0.3) is 11.0 Å². The average Bonchev–Trinajstić information content (AvgIpc) is 3.76. The van der Waals surface area contributed by atoms with Crippen LogP contribution < -0.4 is 5.43 Å². The van der Waals surface area contributed by atoms with Gasteiger partial charge in [-0.3, -0.25) is 19.3 Å². The molecule has 0 spiro atoms. The van der Waals surface area contributed by atoms with E-state index in [-0.39, 0.29) is 43.1 Å². The number of rotatable bonds is 22. The van der Waals surface area contributed by atoms with Crippen LogP contribution in [0.3, 0.4) is 0 Å². The molecular formula is C37H50N4O9. The highest BCUT2D eigenvalue weighted by Crippen LogP contribution is 2.26. The number of carbonyl (C=O) groups excluding carboxylic acids is 3. The van der Waals surface area contributed by atoms with Gasteiger partial charge in [-0.05, 0) is 75.3 Å². The van der Waals surface area contributed by atoms with Crippen LogP contribution in [0, 0.1) is 0 Å². The molecule has 1 saturated heterocycles. The first-order valence-electron chi connectivity index (χ1n) is 16.5. The average molecular weight is 695 g/mol. The minimum absolute atomic E-state index is 0.150. The lowest BCUT2D eigenvalue weighted by molar-refractivity contribution is -0.139. The Kier molecular flexibility index (Phi) is 17.3. The molecule has 13 nitrogen and oxygen atoms in total. The third-order valence-electron chi connectivity index (χ3n) is 7.55. The lowest BCUT2D eigenvalue weighted by atomic mass is 10.1. The van der Waals surface area contributed by atoms with E-state index in [4.69, 9.17) is 28.1 Å². The van der Waals surface area contributed by atoms with Gasteiger partial charge in [0.1, 0.15) is 11.3 Å². The first kappa shape index (κ1) is 40.0. The summed E-state index contributed by atoms with van der Waals surface area (Å²) in [5.41, 5.74) is 6.34.